The molecule has 0 radical (unpaired) electrons. The predicted octanol–water partition coefficient (Wildman–Crippen LogP) is 3.12. The minimum Gasteiger partial charge on any atom is -0.481 e. The summed E-state index contributed by atoms with van der Waals surface area (Å²) in [5, 5.41) is 12.8. The first-order valence-corrected chi connectivity index (χ1v) is 11.1. The zero-order chi connectivity index (χ0) is 20.9. The molecule has 0 bridgehead atoms. The maximum atomic E-state index is 13.1. The summed E-state index contributed by atoms with van der Waals surface area (Å²) in [5.41, 5.74) is 1.73. The molecule has 1 aromatic carbocycles. The molecule has 0 saturated carbocycles. The largest absolute Gasteiger partial charge is 0.481 e. The first-order valence-electron chi connectivity index (χ1n) is 11.1. The predicted molar refractivity (Wildman–Crippen MR) is 115 cm³/mol. The Hall–Kier alpha value is -2.54. The standard InChI is InChI=1S/C23H31N3O4/c27-20(28)8-3-4-11-25-13-9-17(10-14-25)16-24-22(29)21-18-6-1-2-7-19(18)26-12-5-15-30-23(21)26/h1-2,6-7,17H,3-5,8-16H2,(H,24,29)(H,27,28). The highest BCUT2D eigenvalue weighted by molar-refractivity contribution is 6.09. The van der Waals surface area contributed by atoms with E-state index < -0.39 is 5.97 Å². The van der Waals surface area contributed by atoms with Crippen molar-refractivity contribution in [2.24, 2.45) is 5.92 Å². The molecule has 7 nitrogen and oxygen atoms in total. The quantitative estimate of drug-likeness (QED) is 0.650. The van der Waals surface area contributed by atoms with E-state index in [1.165, 1.54) is 0 Å². The number of hydrogen-bond donors (Lipinski definition) is 2. The number of aliphatic carboxylic acids is 1. The Kier molecular flexibility index (Phi) is 6.57. The lowest BCUT2D eigenvalue weighted by Crippen LogP contribution is -2.39. The molecule has 30 heavy (non-hydrogen) atoms. The lowest BCUT2D eigenvalue weighted by Gasteiger charge is -2.32. The van der Waals surface area contributed by atoms with Crippen LogP contribution in [0, 0.1) is 5.92 Å². The van der Waals surface area contributed by atoms with E-state index in [0.717, 1.165) is 69.2 Å². The van der Waals surface area contributed by atoms with Gasteiger partial charge in [0.25, 0.3) is 5.91 Å². The third-order valence-corrected chi connectivity index (χ3v) is 6.29. The van der Waals surface area contributed by atoms with Gasteiger partial charge in [0.2, 0.25) is 5.88 Å². The van der Waals surface area contributed by atoms with E-state index in [-0.39, 0.29) is 12.3 Å². The molecule has 0 atom stereocenters. The Morgan fingerprint density at radius 1 is 1.13 bits per heavy atom. The number of fused-ring (bicyclic) bond motifs is 3. The number of carboxylic acid groups (broad SMARTS) is 1. The van der Waals surface area contributed by atoms with E-state index in [2.05, 4.69) is 20.9 Å². The van der Waals surface area contributed by atoms with Gasteiger partial charge in [-0.2, -0.15) is 0 Å². The van der Waals surface area contributed by atoms with Crippen LogP contribution in [0.4, 0.5) is 0 Å². The summed E-state index contributed by atoms with van der Waals surface area (Å²) in [6.45, 7) is 5.22. The van der Waals surface area contributed by atoms with Gasteiger partial charge in [-0.05, 0) is 63.7 Å². The van der Waals surface area contributed by atoms with Gasteiger partial charge in [-0.3, -0.25) is 9.59 Å². The maximum absolute atomic E-state index is 13.1. The monoisotopic (exact) mass is 413 g/mol. The lowest BCUT2D eigenvalue weighted by molar-refractivity contribution is -0.137. The molecule has 1 fully saturated rings. The second-order valence-corrected chi connectivity index (χ2v) is 8.40. The van der Waals surface area contributed by atoms with Crippen LogP contribution in [-0.2, 0) is 11.3 Å². The molecule has 1 saturated heterocycles. The van der Waals surface area contributed by atoms with E-state index >= 15 is 0 Å². The van der Waals surface area contributed by atoms with Crippen molar-refractivity contribution in [2.75, 3.05) is 32.8 Å². The Balaban J connectivity index is 1.30. The summed E-state index contributed by atoms with van der Waals surface area (Å²) in [4.78, 5) is 26.1. The van der Waals surface area contributed by atoms with Gasteiger partial charge in [-0.25, -0.2) is 0 Å². The van der Waals surface area contributed by atoms with Crippen molar-refractivity contribution in [3.8, 4) is 5.88 Å². The van der Waals surface area contributed by atoms with Crippen LogP contribution < -0.4 is 10.1 Å². The molecule has 2 aliphatic heterocycles. The summed E-state index contributed by atoms with van der Waals surface area (Å²) in [6, 6.07) is 8.02. The SMILES string of the molecule is O=C(O)CCCCN1CCC(CNC(=O)c2c3n(c4ccccc24)CCCO3)CC1. The molecular weight excluding hydrogens is 382 g/mol. The summed E-state index contributed by atoms with van der Waals surface area (Å²) in [7, 11) is 0. The summed E-state index contributed by atoms with van der Waals surface area (Å²) in [5.74, 6) is 0.427. The summed E-state index contributed by atoms with van der Waals surface area (Å²) in [6.07, 6.45) is 5.00. The molecule has 2 N–H and O–H groups in total. The lowest BCUT2D eigenvalue weighted by atomic mass is 9.96. The first kappa shape index (κ1) is 20.7. The normalized spacial score (nSPS) is 17.5. The van der Waals surface area contributed by atoms with E-state index in [9.17, 15) is 9.59 Å². The van der Waals surface area contributed by atoms with E-state index in [1.807, 2.05) is 18.2 Å². The number of ether oxygens (including phenoxy) is 1. The summed E-state index contributed by atoms with van der Waals surface area (Å²) < 4.78 is 8.01. The number of carbonyl (C=O) groups excluding carboxylic acids is 1. The van der Waals surface area contributed by atoms with E-state index in [1.54, 1.807) is 0 Å². The second-order valence-electron chi connectivity index (χ2n) is 8.40. The number of aryl methyl sites for hydroxylation is 1. The smallest absolute Gasteiger partial charge is 0.303 e. The van der Waals surface area contributed by atoms with E-state index in [4.69, 9.17) is 9.84 Å². The van der Waals surface area contributed by atoms with Crippen molar-refractivity contribution in [3.05, 3.63) is 29.8 Å². The fourth-order valence-electron chi connectivity index (χ4n) is 4.61. The maximum Gasteiger partial charge on any atom is 0.303 e. The van der Waals surface area contributed by atoms with Crippen LogP contribution in [-0.4, -0.2) is 59.2 Å². The number of hydrogen-bond acceptors (Lipinski definition) is 4. The molecule has 2 aliphatic rings. The van der Waals surface area contributed by atoms with Crippen LogP contribution in [0.5, 0.6) is 5.88 Å². The van der Waals surface area contributed by atoms with Crippen molar-refractivity contribution in [1.29, 1.82) is 0 Å². The third-order valence-electron chi connectivity index (χ3n) is 6.29. The molecule has 3 heterocycles. The number of nitrogens with zero attached hydrogens (tertiary/aromatic N) is 2. The van der Waals surface area contributed by atoms with Crippen LogP contribution in [0.25, 0.3) is 10.9 Å². The van der Waals surface area contributed by atoms with Crippen LogP contribution in [0.1, 0.15) is 48.9 Å². The number of rotatable bonds is 8. The van der Waals surface area contributed by atoms with Crippen LogP contribution in [0.2, 0.25) is 0 Å². The Morgan fingerprint density at radius 3 is 2.73 bits per heavy atom. The van der Waals surface area contributed by atoms with Crippen molar-refractivity contribution in [3.63, 3.8) is 0 Å². The van der Waals surface area contributed by atoms with Crippen molar-refractivity contribution in [2.45, 2.75) is 45.1 Å². The van der Waals surface area contributed by atoms with Crippen LogP contribution in [0.3, 0.4) is 0 Å². The Morgan fingerprint density at radius 2 is 1.93 bits per heavy atom. The number of carboxylic acids is 1. The number of para-hydroxylation sites is 1. The Bertz CT molecular complexity index is 899. The Labute approximate surface area is 177 Å². The third kappa shape index (κ3) is 4.61. The zero-order valence-electron chi connectivity index (χ0n) is 17.4. The fourth-order valence-corrected chi connectivity index (χ4v) is 4.61. The van der Waals surface area contributed by atoms with Gasteiger partial charge in [-0.15, -0.1) is 0 Å². The molecule has 1 amide bonds. The van der Waals surface area contributed by atoms with Gasteiger partial charge < -0.3 is 24.6 Å². The number of aromatic nitrogens is 1. The number of unbranched alkanes of at least 4 members (excludes halogenated alkanes) is 1. The van der Waals surface area contributed by atoms with Gasteiger partial charge >= 0.3 is 5.97 Å². The number of piperidine rings is 1. The fraction of sp³-hybridized carbons (Fsp3) is 0.565. The van der Waals surface area contributed by atoms with Gasteiger partial charge in [0.1, 0.15) is 5.56 Å². The van der Waals surface area contributed by atoms with Crippen LogP contribution in [0.15, 0.2) is 24.3 Å². The van der Waals surface area contributed by atoms with Crippen molar-refractivity contribution in [1.82, 2.24) is 14.8 Å². The number of benzene rings is 1. The minimum atomic E-state index is -0.716. The molecule has 1 aromatic heterocycles. The number of nitrogens with one attached hydrogen (secondary N) is 1. The minimum absolute atomic E-state index is 0.0436. The summed E-state index contributed by atoms with van der Waals surface area (Å²) >= 11 is 0. The average molecular weight is 414 g/mol. The highest BCUT2D eigenvalue weighted by Crippen LogP contribution is 2.34. The molecule has 7 heteroatoms. The average Bonchev–Trinajstić information content (AvgIpc) is 3.10. The van der Waals surface area contributed by atoms with Gasteiger partial charge in [0.05, 0.1) is 12.1 Å². The van der Waals surface area contributed by atoms with E-state index in [0.29, 0.717) is 30.5 Å². The first-order chi connectivity index (χ1) is 14.6. The molecule has 2 aromatic rings. The van der Waals surface area contributed by atoms with Crippen molar-refractivity contribution < 1.29 is 19.4 Å². The molecule has 4 rings (SSSR count). The molecule has 0 aliphatic carbocycles. The van der Waals surface area contributed by atoms with Crippen LogP contribution >= 0.6 is 0 Å². The zero-order valence-corrected chi connectivity index (χ0v) is 17.4. The number of likely N-dealkylation sites (tertiary alicyclic amines) is 1. The highest BCUT2D eigenvalue weighted by atomic mass is 16.5. The molecular formula is C23H31N3O4. The number of carbonyl (C=O) groups is 2. The molecule has 0 spiro atoms. The van der Waals surface area contributed by atoms with Gasteiger partial charge in [0, 0.05) is 24.9 Å². The van der Waals surface area contributed by atoms with Crippen molar-refractivity contribution >= 4 is 22.8 Å². The molecule has 162 valence electrons. The number of amides is 1. The topological polar surface area (TPSA) is 83.8 Å². The van der Waals surface area contributed by atoms with Gasteiger partial charge in [0.15, 0.2) is 0 Å². The molecule has 0 unspecified atom stereocenters. The van der Waals surface area contributed by atoms with Gasteiger partial charge in [-0.1, -0.05) is 18.2 Å². The highest BCUT2D eigenvalue weighted by Gasteiger charge is 2.27. The second kappa shape index (κ2) is 9.51.